The molecule has 3 aliphatic rings. The normalized spacial score (nSPS) is 36.5. The molecule has 0 aromatic heterocycles. The summed E-state index contributed by atoms with van der Waals surface area (Å²) in [6.07, 6.45) is 8.81. The van der Waals surface area contributed by atoms with E-state index in [4.69, 9.17) is 4.74 Å². The lowest BCUT2D eigenvalue weighted by atomic mass is 9.89. The van der Waals surface area contributed by atoms with Crippen LogP contribution in [0.15, 0.2) is 0 Å². The lowest BCUT2D eigenvalue weighted by Crippen LogP contribution is -2.56. The maximum atomic E-state index is 5.94. The molecular formula is C14H26N2O. The van der Waals surface area contributed by atoms with Gasteiger partial charge in [-0.05, 0) is 38.6 Å². The van der Waals surface area contributed by atoms with Crippen molar-refractivity contribution in [3.63, 3.8) is 0 Å². The molecule has 0 amide bonds. The minimum atomic E-state index is 0.536. The smallest absolute Gasteiger partial charge is 0.0730 e. The van der Waals surface area contributed by atoms with E-state index in [1.165, 1.54) is 45.1 Å². The number of nitrogens with one attached hydrogen (secondary N) is 1. The van der Waals surface area contributed by atoms with Crippen molar-refractivity contribution in [2.24, 2.45) is 5.92 Å². The molecule has 1 aliphatic heterocycles. The van der Waals surface area contributed by atoms with Crippen LogP contribution in [0.25, 0.3) is 0 Å². The van der Waals surface area contributed by atoms with Crippen LogP contribution in [-0.2, 0) is 4.74 Å². The summed E-state index contributed by atoms with van der Waals surface area (Å²) in [6, 6.07) is 1.43. The first-order valence-electron chi connectivity index (χ1n) is 7.41. The van der Waals surface area contributed by atoms with E-state index in [0.717, 1.165) is 25.1 Å². The fourth-order valence-corrected chi connectivity index (χ4v) is 3.63. The van der Waals surface area contributed by atoms with Crippen LogP contribution in [-0.4, -0.2) is 49.8 Å². The van der Waals surface area contributed by atoms with E-state index in [0.29, 0.717) is 12.1 Å². The van der Waals surface area contributed by atoms with Crippen LogP contribution in [0.5, 0.6) is 0 Å². The predicted octanol–water partition coefficient (Wildman–Crippen LogP) is 1.63. The molecule has 3 nitrogen and oxygen atoms in total. The first kappa shape index (κ1) is 11.9. The van der Waals surface area contributed by atoms with Gasteiger partial charge in [0.1, 0.15) is 0 Å². The minimum Gasteiger partial charge on any atom is -0.375 e. The SMILES string of the molecule is CNC(CN1CCOC2CCCCC21)C1CC1. The summed E-state index contributed by atoms with van der Waals surface area (Å²) in [5.41, 5.74) is 0. The first-order chi connectivity index (χ1) is 8.38. The van der Waals surface area contributed by atoms with Gasteiger partial charge in [-0.1, -0.05) is 12.8 Å². The first-order valence-corrected chi connectivity index (χ1v) is 7.41. The highest BCUT2D eigenvalue weighted by molar-refractivity contribution is 4.93. The molecule has 2 saturated carbocycles. The molecular weight excluding hydrogens is 212 g/mol. The van der Waals surface area contributed by atoms with Gasteiger partial charge in [0.2, 0.25) is 0 Å². The molecule has 3 heteroatoms. The molecule has 0 spiro atoms. The molecule has 3 atom stereocenters. The number of fused-ring (bicyclic) bond motifs is 1. The molecule has 1 heterocycles. The van der Waals surface area contributed by atoms with E-state index in [-0.39, 0.29) is 0 Å². The molecule has 3 fully saturated rings. The summed E-state index contributed by atoms with van der Waals surface area (Å²) in [5.74, 6) is 0.949. The molecule has 1 saturated heterocycles. The molecule has 2 aliphatic carbocycles. The Hall–Kier alpha value is -0.120. The maximum Gasteiger partial charge on any atom is 0.0730 e. The number of morpholine rings is 1. The molecule has 0 bridgehead atoms. The van der Waals surface area contributed by atoms with E-state index in [1.54, 1.807) is 0 Å². The van der Waals surface area contributed by atoms with E-state index in [1.807, 2.05) is 0 Å². The van der Waals surface area contributed by atoms with Crippen molar-refractivity contribution in [2.75, 3.05) is 26.7 Å². The fraction of sp³-hybridized carbons (Fsp3) is 1.00. The van der Waals surface area contributed by atoms with Crippen LogP contribution in [0, 0.1) is 5.92 Å². The third-order valence-corrected chi connectivity index (χ3v) is 4.84. The van der Waals surface area contributed by atoms with Gasteiger partial charge in [-0.25, -0.2) is 0 Å². The van der Waals surface area contributed by atoms with Crippen LogP contribution in [0.4, 0.5) is 0 Å². The topological polar surface area (TPSA) is 24.5 Å². The van der Waals surface area contributed by atoms with Gasteiger partial charge in [0.15, 0.2) is 0 Å². The molecule has 98 valence electrons. The van der Waals surface area contributed by atoms with E-state index in [2.05, 4.69) is 17.3 Å². The Labute approximate surface area is 105 Å². The lowest BCUT2D eigenvalue weighted by molar-refractivity contribution is -0.0905. The Morgan fingerprint density at radius 3 is 2.82 bits per heavy atom. The number of hydrogen-bond acceptors (Lipinski definition) is 3. The van der Waals surface area contributed by atoms with Crippen molar-refractivity contribution in [3.05, 3.63) is 0 Å². The summed E-state index contributed by atoms with van der Waals surface area (Å²) < 4.78 is 5.94. The summed E-state index contributed by atoms with van der Waals surface area (Å²) in [4.78, 5) is 2.72. The van der Waals surface area contributed by atoms with Crippen molar-refractivity contribution in [2.45, 2.75) is 56.7 Å². The molecule has 0 radical (unpaired) electrons. The second kappa shape index (κ2) is 5.25. The third kappa shape index (κ3) is 2.67. The van der Waals surface area contributed by atoms with Crippen molar-refractivity contribution in [3.8, 4) is 0 Å². The van der Waals surface area contributed by atoms with Crippen molar-refractivity contribution in [1.29, 1.82) is 0 Å². The van der Waals surface area contributed by atoms with Gasteiger partial charge in [-0.15, -0.1) is 0 Å². The lowest BCUT2D eigenvalue weighted by Gasteiger charge is -2.45. The molecule has 0 aromatic carbocycles. The molecule has 1 N–H and O–H groups in total. The average molecular weight is 238 g/mol. The van der Waals surface area contributed by atoms with Gasteiger partial charge in [0.05, 0.1) is 12.7 Å². The van der Waals surface area contributed by atoms with Gasteiger partial charge >= 0.3 is 0 Å². The van der Waals surface area contributed by atoms with Crippen LogP contribution in [0.3, 0.4) is 0 Å². The highest BCUT2D eigenvalue weighted by atomic mass is 16.5. The summed E-state index contributed by atoms with van der Waals surface area (Å²) in [5, 5.41) is 3.52. The standard InChI is InChI=1S/C14H26N2O/c1-15-12(11-6-7-11)10-16-8-9-17-14-5-3-2-4-13(14)16/h11-15H,2-10H2,1H3. The Bertz CT molecular complexity index is 253. The van der Waals surface area contributed by atoms with Crippen LogP contribution < -0.4 is 5.32 Å². The van der Waals surface area contributed by atoms with E-state index < -0.39 is 0 Å². The summed E-state index contributed by atoms with van der Waals surface area (Å²) >= 11 is 0. The summed E-state index contributed by atoms with van der Waals surface area (Å²) in [7, 11) is 2.13. The molecule has 17 heavy (non-hydrogen) atoms. The fourth-order valence-electron chi connectivity index (χ4n) is 3.63. The Morgan fingerprint density at radius 1 is 1.24 bits per heavy atom. The Kier molecular flexibility index (Phi) is 3.69. The molecule has 3 unspecified atom stereocenters. The van der Waals surface area contributed by atoms with Gasteiger partial charge in [0.25, 0.3) is 0 Å². The van der Waals surface area contributed by atoms with Crippen molar-refractivity contribution < 1.29 is 4.74 Å². The van der Waals surface area contributed by atoms with E-state index >= 15 is 0 Å². The summed E-state index contributed by atoms with van der Waals surface area (Å²) in [6.45, 7) is 3.33. The maximum absolute atomic E-state index is 5.94. The highest BCUT2D eigenvalue weighted by Gasteiger charge is 2.37. The number of likely N-dealkylation sites (N-methyl/N-ethyl adjacent to an activating group) is 1. The van der Waals surface area contributed by atoms with Gasteiger partial charge in [-0.3, -0.25) is 4.90 Å². The Balaban J connectivity index is 1.60. The quantitative estimate of drug-likeness (QED) is 0.805. The zero-order valence-corrected chi connectivity index (χ0v) is 11.0. The number of ether oxygens (including phenoxy) is 1. The predicted molar refractivity (Wildman–Crippen MR) is 69.1 cm³/mol. The van der Waals surface area contributed by atoms with Gasteiger partial charge in [-0.2, -0.15) is 0 Å². The minimum absolute atomic E-state index is 0.536. The second-order valence-electron chi connectivity index (χ2n) is 5.99. The number of nitrogens with zero attached hydrogens (tertiary/aromatic N) is 1. The van der Waals surface area contributed by atoms with Crippen molar-refractivity contribution >= 4 is 0 Å². The zero-order chi connectivity index (χ0) is 11.7. The highest BCUT2D eigenvalue weighted by Crippen LogP contribution is 2.34. The van der Waals surface area contributed by atoms with E-state index in [9.17, 15) is 0 Å². The van der Waals surface area contributed by atoms with Crippen molar-refractivity contribution in [1.82, 2.24) is 10.2 Å². The average Bonchev–Trinajstić information content (AvgIpc) is 3.20. The largest absolute Gasteiger partial charge is 0.375 e. The number of rotatable bonds is 4. The van der Waals surface area contributed by atoms with Crippen LogP contribution in [0.2, 0.25) is 0 Å². The zero-order valence-electron chi connectivity index (χ0n) is 11.0. The molecule has 3 rings (SSSR count). The van der Waals surface area contributed by atoms with Crippen LogP contribution in [0.1, 0.15) is 38.5 Å². The third-order valence-electron chi connectivity index (χ3n) is 4.84. The van der Waals surface area contributed by atoms with Crippen LogP contribution >= 0.6 is 0 Å². The van der Waals surface area contributed by atoms with Gasteiger partial charge in [0, 0.05) is 25.2 Å². The Morgan fingerprint density at radius 2 is 2.06 bits per heavy atom. The van der Waals surface area contributed by atoms with Gasteiger partial charge < -0.3 is 10.1 Å². The number of hydrogen-bond donors (Lipinski definition) is 1. The molecule has 0 aromatic rings. The second-order valence-corrected chi connectivity index (χ2v) is 5.99. The monoisotopic (exact) mass is 238 g/mol.